The third-order valence-corrected chi connectivity index (χ3v) is 5.09. The summed E-state index contributed by atoms with van der Waals surface area (Å²) in [6.45, 7) is 2.87. The molecule has 1 saturated heterocycles. The summed E-state index contributed by atoms with van der Waals surface area (Å²) in [5, 5.41) is 0. The van der Waals surface area contributed by atoms with Crippen LogP contribution in [0.25, 0.3) is 0 Å². The zero-order valence-corrected chi connectivity index (χ0v) is 17.2. The molecule has 1 aliphatic heterocycles. The normalized spacial score (nSPS) is 15.0. The van der Waals surface area contributed by atoms with E-state index in [2.05, 4.69) is 9.64 Å². The van der Waals surface area contributed by atoms with E-state index in [-0.39, 0.29) is 36.9 Å². The lowest BCUT2D eigenvalue weighted by molar-refractivity contribution is -0.274. The lowest BCUT2D eigenvalue weighted by atomic mass is 10.1. The Balaban J connectivity index is 1.40. The predicted octanol–water partition coefficient (Wildman–Crippen LogP) is 4.02. The number of alkyl halides is 3. The van der Waals surface area contributed by atoms with Gasteiger partial charge in [-0.15, -0.1) is 13.2 Å². The topological polar surface area (TPSA) is 42.0 Å². The molecule has 3 rings (SSSR count). The fourth-order valence-corrected chi connectivity index (χ4v) is 3.43. The number of amides is 1. The molecule has 0 bridgehead atoms. The summed E-state index contributed by atoms with van der Waals surface area (Å²) in [5.41, 5.74) is 0.321. The molecule has 0 aliphatic carbocycles. The first-order valence-corrected chi connectivity index (χ1v) is 10.1. The summed E-state index contributed by atoms with van der Waals surface area (Å²) in [7, 11) is 0. The number of benzene rings is 2. The van der Waals surface area contributed by atoms with Gasteiger partial charge in [0.15, 0.2) is 11.6 Å². The van der Waals surface area contributed by atoms with Crippen molar-refractivity contribution in [1.82, 2.24) is 9.80 Å². The van der Waals surface area contributed by atoms with Crippen LogP contribution < -0.4 is 9.47 Å². The number of rotatable bonds is 8. The van der Waals surface area contributed by atoms with E-state index in [1.165, 1.54) is 24.3 Å². The standard InChI is InChI=1S/C22H23F5N2O3/c23-17-6-7-20(18(24)15-17)31-14-13-28-9-11-29(12-10-28)21(30)8-5-16-3-1-2-4-19(16)32-22(25,26)27/h1-4,6-7,15H,5,8-14H2. The number of hydrogen-bond acceptors (Lipinski definition) is 4. The Morgan fingerprint density at radius 3 is 2.38 bits per heavy atom. The van der Waals surface area contributed by atoms with Gasteiger partial charge in [-0.25, -0.2) is 8.78 Å². The molecule has 1 aliphatic rings. The molecule has 1 amide bonds. The summed E-state index contributed by atoms with van der Waals surface area (Å²) < 4.78 is 73.4. The maximum atomic E-state index is 13.6. The van der Waals surface area contributed by atoms with Crippen LogP contribution in [0.3, 0.4) is 0 Å². The molecule has 2 aromatic rings. The van der Waals surface area contributed by atoms with Gasteiger partial charge in [-0.1, -0.05) is 18.2 Å². The lowest BCUT2D eigenvalue weighted by Gasteiger charge is -2.34. The second kappa shape index (κ2) is 10.6. The van der Waals surface area contributed by atoms with Gasteiger partial charge in [-0.3, -0.25) is 9.69 Å². The second-order valence-electron chi connectivity index (χ2n) is 7.30. The quantitative estimate of drug-likeness (QED) is 0.561. The molecule has 5 nitrogen and oxygen atoms in total. The largest absolute Gasteiger partial charge is 0.573 e. The van der Waals surface area contributed by atoms with Gasteiger partial charge >= 0.3 is 6.36 Å². The molecule has 0 atom stereocenters. The molecular weight excluding hydrogens is 435 g/mol. The van der Waals surface area contributed by atoms with Gasteiger partial charge in [0, 0.05) is 45.2 Å². The number of carbonyl (C=O) groups excluding carboxylic acids is 1. The number of halogens is 5. The second-order valence-corrected chi connectivity index (χ2v) is 7.30. The molecule has 174 valence electrons. The Labute approximate surface area is 182 Å². The van der Waals surface area contributed by atoms with E-state index in [4.69, 9.17) is 4.74 Å². The van der Waals surface area contributed by atoms with E-state index < -0.39 is 18.0 Å². The highest BCUT2D eigenvalue weighted by atomic mass is 19.4. The van der Waals surface area contributed by atoms with Crippen LogP contribution in [0.4, 0.5) is 22.0 Å². The van der Waals surface area contributed by atoms with Gasteiger partial charge < -0.3 is 14.4 Å². The molecular formula is C22H23F5N2O3. The maximum absolute atomic E-state index is 13.6. The van der Waals surface area contributed by atoms with Gasteiger partial charge in [0.2, 0.25) is 5.91 Å². The van der Waals surface area contributed by atoms with Crippen LogP contribution in [-0.4, -0.2) is 61.4 Å². The summed E-state index contributed by atoms with van der Waals surface area (Å²) in [5.74, 6) is -1.89. The monoisotopic (exact) mass is 458 g/mol. The van der Waals surface area contributed by atoms with Gasteiger partial charge in [0.1, 0.15) is 18.2 Å². The Bertz CT molecular complexity index is 915. The van der Waals surface area contributed by atoms with Crippen molar-refractivity contribution in [2.45, 2.75) is 19.2 Å². The molecule has 0 N–H and O–H groups in total. The first-order valence-electron chi connectivity index (χ1n) is 10.1. The van der Waals surface area contributed by atoms with Crippen LogP contribution in [-0.2, 0) is 11.2 Å². The van der Waals surface area contributed by atoms with Crippen LogP contribution in [0.2, 0.25) is 0 Å². The summed E-state index contributed by atoms with van der Waals surface area (Å²) in [6, 6.07) is 8.90. The van der Waals surface area contributed by atoms with E-state index >= 15 is 0 Å². The number of aryl methyl sites for hydroxylation is 1. The fraction of sp³-hybridized carbons (Fsp3) is 0.409. The molecule has 0 spiro atoms. The lowest BCUT2D eigenvalue weighted by Crippen LogP contribution is -2.49. The predicted molar refractivity (Wildman–Crippen MR) is 106 cm³/mol. The highest BCUT2D eigenvalue weighted by Crippen LogP contribution is 2.27. The smallest absolute Gasteiger partial charge is 0.489 e. The molecule has 0 unspecified atom stereocenters. The first-order chi connectivity index (χ1) is 15.2. The Morgan fingerprint density at radius 2 is 1.69 bits per heavy atom. The average Bonchev–Trinajstić information content (AvgIpc) is 2.74. The minimum Gasteiger partial charge on any atom is -0.489 e. The van der Waals surface area contributed by atoms with Crippen LogP contribution in [0.5, 0.6) is 11.5 Å². The molecule has 2 aromatic carbocycles. The first kappa shape index (κ1) is 23.8. The van der Waals surface area contributed by atoms with Crippen LogP contribution in [0.1, 0.15) is 12.0 Å². The van der Waals surface area contributed by atoms with E-state index in [1.54, 1.807) is 11.0 Å². The van der Waals surface area contributed by atoms with E-state index in [0.717, 1.165) is 12.1 Å². The van der Waals surface area contributed by atoms with E-state index in [9.17, 15) is 26.7 Å². The fourth-order valence-electron chi connectivity index (χ4n) is 3.43. The molecule has 1 fully saturated rings. The van der Waals surface area contributed by atoms with Crippen LogP contribution >= 0.6 is 0 Å². The van der Waals surface area contributed by atoms with E-state index in [0.29, 0.717) is 38.3 Å². The van der Waals surface area contributed by atoms with Gasteiger partial charge in [0.05, 0.1) is 0 Å². The average molecular weight is 458 g/mol. The highest BCUT2D eigenvalue weighted by molar-refractivity contribution is 5.76. The zero-order valence-electron chi connectivity index (χ0n) is 17.2. The molecule has 0 aromatic heterocycles. The van der Waals surface area contributed by atoms with Crippen molar-refractivity contribution in [3.63, 3.8) is 0 Å². The van der Waals surface area contributed by atoms with Crippen molar-refractivity contribution in [2.75, 3.05) is 39.3 Å². The number of carbonyl (C=O) groups is 1. The Morgan fingerprint density at radius 1 is 0.969 bits per heavy atom. The molecule has 0 radical (unpaired) electrons. The van der Waals surface area contributed by atoms with Crippen molar-refractivity contribution in [1.29, 1.82) is 0 Å². The van der Waals surface area contributed by atoms with Crippen LogP contribution in [0.15, 0.2) is 42.5 Å². The third-order valence-electron chi connectivity index (χ3n) is 5.09. The minimum atomic E-state index is -4.79. The number of nitrogens with zero attached hydrogens (tertiary/aromatic N) is 2. The molecule has 10 heteroatoms. The summed E-state index contributed by atoms with van der Waals surface area (Å²) in [4.78, 5) is 16.2. The third kappa shape index (κ3) is 7.08. The summed E-state index contributed by atoms with van der Waals surface area (Å²) in [6.07, 6.45) is -4.57. The van der Waals surface area contributed by atoms with E-state index in [1.807, 2.05) is 0 Å². The van der Waals surface area contributed by atoms with Gasteiger partial charge in [0.25, 0.3) is 0 Å². The number of ether oxygens (including phenoxy) is 2. The van der Waals surface area contributed by atoms with Gasteiger partial charge in [-0.2, -0.15) is 0 Å². The number of para-hydroxylation sites is 1. The van der Waals surface area contributed by atoms with Crippen molar-refractivity contribution in [2.24, 2.45) is 0 Å². The van der Waals surface area contributed by atoms with Crippen molar-refractivity contribution in [3.8, 4) is 11.5 Å². The minimum absolute atomic E-state index is 0.0185. The summed E-state index contributed by atoms with van der Waals surface area (Å²) >= 11 is 0. The number of hydrogen-bond donors (Lipinski definition) is 0. The number of piperazine rings is 1. The zero-order chi connectivity index (χ0) is 23.1. The van der Waals surface area contributed by atoms with Crippen LogP contribution in [0, 0.1) is 11.6 Å². The maximum Gasteiger partial charge on any atom is 0.573 e. The highest BCUT2D eigenvalue weighted by Gasteiger charge is 2.32. The van der Waals surface area contributed by atoms with Crippen molar-refractivity contribution in [3.05, 3.63) is 59.7 Å². The molecule has 1 heterocycles. The SMILES string of the molecule is O=C(CCc1ccccc1OC(F)(F)F)N1CCN(CCOc2ccc(F)cc2F)CC1. The van der Waals surface area contributed by atoms with Gasteiger partial charge in [-0.05, 0) is 30.2 Å². The molecule has 32 heavy (non-hydrogen) atoms. The van der Waals surface area contributed by atoms with Crippen molar-refractivity contribution >= 4 is 5.91 Å². The molecule has 0 saturated carbocycles. The Kier molecular flexibility index (Phi) is 7.89. The Hall–Kier alpha value is -2.88. The van der Waals surface area contributed by atoms with Crippen molar-refractivity contribution < 1.29 is 36.2 Å².